The maximum Gasteiger partial charge on any atom is 0.119 e. The monoisotopic (exact) mass is 1420 g/mol. The average Bonchev–Trinajstić information content (AvgIpc) is 1.48. The lowest BCUT2D eigenvalue weighted by atomic mass is 9.64. The van der Waals surface area contributed by atoms with Crippen LogP contribution in [0.25, 0.3) is 11.1 Å². The van der Waals surface area contributed by atoms with Gasteiger partial charge in [0, 0.05) is 68.2 Å². The molecule has 2 aliphatic rings. The first-order chi connectivity index (χ1) is 53.1. The number of methoxy groups -OCH3 is 8. The molecule has 12 nitrogen and oxygen atoms in total. The fourth-order valence-electron chi connectivity index (χ4n) is 16.0. The number of ether oxygens (including phenoxy) is 8. The van der Waals surface area contributed by atoms with Gasteiger partial charge in [0.05, 0.1) is 67.7 Å². The molecule has 0 aliphatic heterocycles. The Morgan fingerprint density at radius 3 is 0.537 bits per heavy atom. The van der Waals surface area contributed by atoms with Crippen LogP contribution in [0, 0.1) is 0 Å². The molecular weight excluding hydrogens is 1340 g/mol. The van der Waals surface area contributed by atoms with E-state index in [1.165, 1.54) is 5.57 Å². The Bertz CT molecular complexity index is 5120. The number of anilines is 12. The molecule has 0 heterocycles. The third kappa shape index (κ3) is 12.1. The van der Waals surface area contributed by atoms with Crippen molar-refractivity contribution >= 4 is 79.4 Å². The van der Waals surface area contributed by atoms with Crippen LogP contribution in [0.3, 0.4) is 0 Å². The lowest BCUT2D eigenvalue weighted by molar-refractivity contribution is 0.414. The largest absolute Gasteiger partial charge is 0.497 e. The number of benzene rings is 14. The molecule has 0 radical (unpaired) electrons. The predicted molar refractivity (Wildman–Crippen MR) is 436 cm³/mol. The van der Waals surface area contributed by atoms with Gasteiger partial charge in [0.2, 0.25) is 0 Å². The summed E-state index contributed by atoms with van der Waals surface area (Å²) >= 11 is 0. The SMILES string of the molecule is COc1ccc(N(c2ccc(OC)cc2)c2ccc(C3(c4ccc(N(c5ccc(OC)cc5)c5ccc(OC)cc5)cc4)C4=C(c5ccc(N(c6ccc(OC)cc6)c6ccc(OC)cc6)cc53)C(c3ccccc3)(c3ccccc3)c3cc(N(c5ccc(OC)cc5)c5ccc(OC)cc5)ccc34)cc2)cc1. The molecule has 14 aromatic carbocycles. The lowest BCUT2D eigenvalue weighted by Crippen LogP contribution is -2.31. The first-order valence-corrected chi connectivity index (χ1v) is 35.8. The van der Waals surface area contributed by atoms with Crippen LogP contribution >= 0.6 is 0 Å². The molecule has 16 rings (SSSR count). The maximum absolute atomic E-state index is 5.83. The zero-order chi connectivity index (χ0) is 73.9. The summed E-state index contributed by atoms with van der Waals surface area (Å²) in [6.07, 6.45) is 0. The highest BCUT2D eigenvalue weighted by Gasteiger charge is 2.60. The molecule has 0 amide bonds. The molecule has 532 valence electrons. The van der Waals surface area contributed by atoms with E-state index in [1.807, 2.05) is 97.1 Å². The summed E-state index contributed by atoms with van der Waals surface area (Å²) in [5.74, 6) is 6.05. The Kier molecular flexibility index (Phi) is 18.8. The number of rotatable bonds is 24. The summed E-state index contributed by atoms with van der Waals surface area (Å²) in [5.41, 5.74) is 20.3. The molecular formula is C96H80N4O8. The van der Waals surface area contributed by atoms with Gasteiger partial charge in [0.1, 0.15) is 46.0 Å². The summed E-state index contributed by atoms with van der Waals surface area (Å²) in [4.78, 5) is 9.22. The first kappa shape index (κ1) is 68.8. The number of nitrogens with zero attached hydrogens (tertiary/aromatic N) is 4. The van der Waals surface area contributed by atoms with E-state index < -0.39 is 10.8 Å². The zero-order valence-corrected chi connectivity index (χ0v) is 61.4. The normalized spacial score (nSPS) is 12.7. The van der Waals surface area contributed by atoms with Gasteiger partial charge in [-0.15, -0.1) is 0 Å². The Labute approximate surface area is 631 Å². The zero-order valence-electron chi connectivity index (χ0n) is 61.4. The number of hydrogen-bond acceptors (Lipinski definition) is 12. The molecule has 14 aromatic rings. The van der Waals surface area contributed by atoms with Crippen LogP contribution in [0.5, 0.6) is 46.0 Å². The van der Waals surface area contributed by atoms with Gasteiger partial charge >= 0.3 is 0 Å². The van der Waals surface area contributed by atoms with Gasteiger partial charge in [-0.1, -0.05) is 97.1 Å². The van der Waals surface area contributed by atoms with Crippen molar-refractivity contribution in [2.24, 2.45) is 0 Å². The van der Waals surface area contributed by atoms with E-state index in [2.05, 4.69) is 262 Å². The second-order valence-corrected chi connectivity index (χ2v) is 26.5. The Hall–Kier alpha value is -13.6. The van der Waals surface area contributed by atoms with E-state index in [0.29, 0.717) is 0 Å². The molecule has 0 fully saturated rings. The van der Waals surface area contributed by atoms with Crippen LogP contribution in [-0.4, -0.2) is 56.9 Å². The van der Waals surface area contributed by atoms with Crippen LogP contribution in [0.15, 0.2) is 340 Å². The maximum atomic E-state index is 5.83. The highest BCUT2D eigenvalue weighted by atomic mass is 16.5. The van der Waals surface area contributed by atoms with E-state index in [0.717, 1.165) is 164 Å². The van der Waals surface area contributed by atoms with E-state index in [1.54, 1.807) is 56.9 Å². The van der Waals surface area contributed by atoms with Crippen molar-refractivity contribution in [3.63, 3.8) is 0 Å². The second kappa shape index (κ2) is 29.5. The summed E-state index contributed by atoms with van der Waals surface area (Å²) in [7, 11) is 13.6. The molecule has 0 saturated carbocycles. The molecule has 0 unspecified atom stereocenters. The van der Waals surface area contributed by atoms with Crippen LogP contribution in [0.2, 0.25) is 0 Å². The van der Waals surface area contributed by atoms with Crippen LogP contribution < -0.4 is 57.5 Å². The molecule has 2 aliphatic carbocycles. The molecule has 0 atom stereocenters. The lowest BCUT2D eigenvalue weighted by Gasteiger charge is -2.39. The van der Waals surface area contributed by atoms with E-state index in [4.69, 9.17) is 37.9 Å². The van der Waals surface area contributed by atoms with E-state index >= 15 is 0 Å². The quantitative estimate of drug-likeness (QED) is 0.0577. The van der Waals surface area contributed by atoms with E-state index in [9.17, 15) is 0 Å². The number of hydrogen-bond donors (Lipinski definition) is 0. The van der Waals surface area contributed by atoms with Gasteiger partial charge in [-0.25, -0.2) is 0 Å². The van der Waals surface area contributed by atoms with Crippen molar-refractivity contribution in [1.29, 1.82) is 0 Å². The third-order valence-corrected chi connectivity index (χ3v) is 21.0. The molecule has 108 heavy (non-hydrogen) atoms. The first-order valence-electron chi connectivity index (χ1n) is 35.8. The Balaban J connectivity index is 1.03. The van der Waals surface area contributed by atoms with Crippen molar-refractivity contribution in [2.45, 2.75) is 10.8 Å². The van der Waals surface area contributed by atoms with Crippen LogP contribution in [0.4, 0.5) is 68.2 Å². The summed E-state index contributed by atoms with van der Waals surface area (Å²) in [6, 6.07) is 121. The van der Waals surface area contributed by atoms with Gasteiger partial charge in [-0.2, -0.15) is 0 Å². The molecule has 0 saturated heterocycles. The van der Waals surface area contributed by atoms with Gasteiger partial charge < -0.3 is 57.5 Å². The molecule has 0 aromatic heterocycles. The molecule has 12 heteroatoms. The van der Waals surface area contributed by atoms with Gasteiger partial charge in [-0.3, -0.25) is 0 Å². The average molecular weight is 1420 g/mol. The summed E-state index contributed by atoms with van der Waals surface area (Å²) < 4.78 is 46.2. The topological polar surface area (TPSA) is 86.8 Å². The van der Waals surface area contributed by atoms with Crippen molar-refractivity contribution < 1.29 is 37.9 Å². The Morgan fingerprint density at radius 1 is 0.176 bits per heavy atom. The highest BCUT2D eigenvalue weighted by molar-refractivity contribution is 6.16. The smallest absolute Gasteiger partial charge is 0.119 e. The predicted octanol–water partition coefficient (Wildman–Crippen LogP) is 23.2. The minimum atomic E-state index is -1.12. The summed E-state index contributed by atoms with van der Waals surface area (Å²) in [6.45, 7) is 0. The van der Waals surface area contributed by atoms with Gasteiger partial charge in [0.25, 0.3) is 0 Å². The second-order valence-electron chi connectivity index (χ2n) is 26.5. The number of fused-ring (bicyclic) bond motifs is 4. The molecule has 0 spiro atoms. The van der Waals surface area contributed by atoms with Crippen LogP contribution in [0.1, 0.15) is 44.5 Å². The highest BCUT2D eigenvalue weighted by Crippen LogP contribution is 2.71. The van der Waals surface area contributed by atoms with Crippen LogP contribution in [-0.2, 0) is 10.8 Å². The fraction of sp³-hybridized carbons (Fsp3) is 0.104. The van der Waals surface area contributed by atoms with Crippen molar-refractivity contribution in [1.82, 2.24) is 0 Å². The number of allylic oxidation sites excluding steroid dienone is 2. The third-order valence-electron chi connectivity index (χ3n) is 21.0. The van der Waals surface area contributed by atoms with Gasteiger partial charge in [-0.05, 0) is 298 Å². The van der Waals surface area contributed by atoms with Gasteiger partial charge in [0.15, 0.2) is 0 Å². The minimum Gasteiger partial charge on any atom is -0.497 e. The molecule has 0 bridgehead atoms. The standard InChI is InChI=1S/C96H80N4O8/c1-101-81-45-27-71(28-46-81)97(72-29-47-82(102-2)48-30-72)69-23-19-67(20-24-69)96(68-21-25-70(26-22-68)98(73-31-49-83(103-3)50-32-73)74-33-51-84(104-4)52-34-74)92-64-80(100(77-39-57-87(107-7)58-40-77)78-41-59-88(108-8)60-42-78)44-62-90(92)93-94(96)89-61-43-79(63-91(89)95(93,65-15-11-9-12-16-65)66-17-13-10-14-18-66)99(75-35-53-85(105-5)54-36-75)76-37-55-86(106-6)56-38-76/h9-64H,1-8H3. The van der Waals surface area contributed by atoms with Crippen molar-refractivity contribution in [3.05, 3.63) is 384 Å². The fourth-order valence-corrected chi connectivity index (χ4v) is 16.0. The summed E-state index contributed by atoms with van der Waals surface area (Å²) in [5, 5.41) is 0. The van der Waals surface area contributed by atoms with Crippen molar-refractivity contribution in [2.75, 3.05) is 76.5 Å². The van der Waals surface area contributed by atoms with E-state index in [-0.39, 0.29) is 0 Å². The molecule has 0 N–H and O–H groups in total. The minimum absolute atomic E-state index is 0.750. The van der Waals surface area contributed by atoms with Crippen molar-refractivity contribution in [3.8, 4) is 46.0 Å². The Morgan fingerprint density at radius 2 is 0.343 bits per heavy atom.